The minimum Gasteiger partial charge on any atom is -0.342 e. The third-order valence-electron chi connectivity index (χ3n) is 4.74. The first kappa shape index (κ1) is 12.9. The quantitative estimate of drug-likeness (QED) is 0.814. The Morgan fingerprint density at radius 2 is 1.94 bits per heavy atom. The number of rotatable bonds is 4. The lowest BCUT2D eigenvalue weighted by Gasteiger charge is -2.38. The second-order valence-corrected chi connectivity index (χ2v) is 5.92. The Labute approximate surface area is 105 Å². The van der Waals surface area contributed by atoms with Crippen molar-refractivity contribution >= 4 is 5.91 Å². The van der Waals surface area contributed by atoms with Crippen LogP contribution in [0.25, 0.3) is 0 Å². The van der Waals surface area contributed by atoms with Gasteiger partial charge < -0.3 is 10.6 Å². The molecule has 2 saturated carbocycles. The zero-order valence-electron chi connectivity index (χ0n) is 11.2. The average molecular weight is 238 g/mol. The summed E-state index contributed by atoms with van der Waals surface area (Å²) in [6.07, 6.45) is 7.34. The van der Waals surface area contributed by atoms with E-state index in [-0.39, 0.29) is 5.92 Å². The van der Waals surface area contributed by atoms with Crippen LogP contribution >= 0.6 is 0 Å². The zero-order valence-corrected chi connectivity index (χ0v) is 11.2. The molecule has 0 aromatic carbocycles. The van der Waals surface area contributed by atoms with Crippen molar-refractivity contribution in [1.82, 2.24) is 4.90 Å². The van der Waals surface area contributed by atoms with E-state index in [0.29, 0.717) is 23.8 Å². The molecule has 98 valence electrons. The third kappa shape index (κ3) is 2.82. The molecule has 2 rings (SSSR count). The van der Waals surface area contributed by atoms with E-state index in [1.54, 1.807) is 0 Å². The van der Waals surface area contributed by atoms with E-state index >= 15 is 0 Å². The van der Waals surface area contributed by atoms with Crippen molar-refractivity contribution in [2.75, 3.05) is 13.6 Å². The van der Waals surface area contributed by atoms with Gasteiger partial charge in [0, 0.05) is 19.0 Å². The summed E-state index contributed by atoms with van der Waals surface area (Å²) < 4.78 is 0. The molecule has 0 bridgehead atoms. The monoisotopic (exact) mass is 238 g/mol. The summed E-state index contributed by atoms with van der Waals surface area (Å²) in [5.41, 5.74) is 5.84. The molecular formula is C14H26N2O. The first-order chi connectivity index (χ1) is 8.15. The zero-order chi connectivity index (χ0) is 12.4. The first-order valence-corrected chi connectivity index (χ1v) is 7.12. The van der Waals surface area contributed by atoms with Gasteiger partial charge in [0.1, 0.15) is 0 Å². The van der Waals surface area contributed by atoms with Gasteiger partial charge in [-0.15, -0.1) is 0 Å². The molecule has 1 amide bonds. The van der Waals surface area contributed by atoms with Gasteiger partial charge in [0.2, 0.25) is 5.91 Å². The van der Waals surface area contributed by atoms with Crippen LogP contribution in [-0.4, -0.2) is 30.4 Å². The smallest absolute Gasteiger partial charge is 0.225 e. The van der Waals surface area contributed by atoms with Gasteiger partial charge in [-0.3, -0.25) is 4.79 Å². The number of nitrogens with two attached hydrogens (primary N) is 1. The van der Waals surface area contributed by atoms with Crippen molar-refractivity contribution in [3.05, 3.63) is 0 Å². The summed E-state index contributed by atoms with van der Waals surface area (Å²) in [6.45, 7) is 2.82. The molecule has 3 unspecified atom stereocenters. The SMILES string of the molecule is CC(C(=O)N(C)C1CCCCC1CN)C1CC1. The molecule has 0 aromatic heterocycles. The van der Waals surface area contributed by atoms with E-state index in [0.717, 1.165) is 13.0 Å². The molecule has 0 radical (unpaired) electrons. The topological polar surface area (TPSA) is 46.3 Å². The van der Waals surface area contributed by atoms with Crippen LogP contribution in [0.4, 0.5) is 0 Å². The van der Waals surface area contributed by atoms with Gasteiger partial charge in [0.15, 0.2) is 0 Å². The molecule has 0 saturated heterocycles. The largest absolute Gasteiger partial charge is 0.342 e. The lowest BCUT2D eigenvalue weighted by atomic mass is 9.83. The van der Waals surface area contributed by atoms with Crippen molar-refractivity contribution in [1.29, 1.82) is 0 Å². The highest BCUT2D eigenvalue weighted by Crippen LogP contribution is 2.38. The van der Waals surface area contributed by atoms with Gasteiger partial charge in [0.25, 0.3) is 0 Å². The second kappa shape index (κ2) is 5.38. The molecule has 2 fully saturated rings. The highest BCUT2D eigenvalue weighted by atomic mass is 16.2. The van der Waals surface area contributed by atoms with E-state index in [1.807, 2.05) is 11.9 Å². The molecule has 0 spiro atoms. The number of hydrogen-bond donors (Lipinski definition) is 1. The van der Waals surface area contributed by atoms with Gasteiger partial charge in [0.05, 0.1) is 0 Å². The number of carbonyl (C=O) groups excluding carboxylic acids is 1. The van der Waals surface area contributed by atoms with Gasteiger partial charge in [-0.2, -0.15) is 0 Å². The van der Waals surface area contributed by atoms with Crippen molar-refractivity contribution in [3.8, 4) is 0 Å². The highest BCUT2D eigenvalue weighted by molar-refractivity contribution is 5.79. The maximum Gasteiger partial charge on any atom is 0.225 e. The van der Waals surface area contributed by atoms with E-state index < -0.39 is 0 Å². The Morgan fingerprint density at radius 3 is 2.53 bits per heavy atom. The van der Waals surface area contributed by atoms with Crippen molar-refractivity contribution in [3.63, 3.8) is 0 Å². The van der Waals surface area contributed by atoms with Gasteiger partial charge in [-0.05, 0) is 44.1 Å². The summed E-state index contributed by atoms with van der Waals surface area (Å²) >= 11 is 0. The maximum atomic E-state index is 12.4. The maximum absolute atomic E-state index is 12.4. The summed E-state index contributed by atoms with van der Waals surface area (Å²) in [6, 6.07) is 0.391. The summed E-state index contributed by atoms with van der Waals surface area (Å²) in [4.78, 5) is 14.4. The Morgan fingerprint density at radius 1 is 1.29 bits per heavy atom. The van der Waals surface area contributed by atoms with E-state index in [4.69, 9.17) is 5.73 Å². The summed E-state index contributed by atoms with van der Waals surface area (Å²) in [5, 5.41) is 0. The van der Waals surface area contributed by atoms with Gasteiger partial charge in [-0.25, -0.2) is 0 Å². The molecule has 2 N–H and O–H groups in total. The number of amides is 1. The van der Waals surface area contributed by atoms with Crippen molar-refractivity contribution in [2.24, 2.45) is 23.5 Å². The van der Waals surface area contributed by atoms with Crippen LogP contribution in [0.15, 0.2) is 0 Å². The normalized spacial score (nSPS) is 31.0. The molecule has 17 heavy (non-hydrogen) atoms. The lowest BCUT2D eigenvalue weighted by Crippen LogP contribution is -2.47. The Hall–Kier alpha value is -0.570. The lowest BCUT2D eigenvalue weighted by molar-refractivity contribution is -0.138. The molecule has 0 aliphatic heterocycles. The number of carbonyl (C=O) groups is 1. The standard InChI is InChI=1S/C14H26N2O/c1-10(11-7-8-11)14(17)16(2)13-6-4-3-5-12(13)9-15/h10-13H,3-9,15H2,1-2H3. The predicted octanol–water partition coefficient (Wildman–Crippen LogP) is 2.01. The minimum atomic E-state index is 0.223. The van der Waals surface area contributed by atoms with Crippen LogP contribution in [0.3, 0.4) is 0 Å². The van der Waals surface area contributed by atoms with Crippen LogP contribution in [0, 0.1) is 17.8 Å². The molecule has 2 aliphatic rings. The van der Waals surface area contributed by atoms with Crippen LogP contribution in [0.1, 0.15) is 45.4 Å². The molecule has 3 atom stereocenters. The average Bonchev–Trinajstić information content (AvgIpc) is 3.20. The minimum absolute atomic E-state index is 0.223. The van der Waals surface area contributed by atoms with E-state index in [2.05, 4.69) is 6.92 Å². The van der Waals surface area contributed by atoms with E-state index in [9.17, 15) is 4.79 Å². The van der Waals surface area contributed by atoms with Crippen molar-refractivity contribution < 1.29 is 4.79 Å². The van der Waals surface area contributed by atoms with Gasteiger partial charge >= 0.3 is 0 Å². The Kier molecular flexibility index (Phi) is 4.08. The van der Waals surface area contributed by atoms with Gasteiger partial charge in [-0.1, -0.05) is 19.8 Å². The number of hydrogen-bond acceptors (Lipinski definition) is 2. The second-order valence-electron chi connectivity index (χ2n) is 5.92. The summed E-state index contributed by atoms with van der Waals surface area (Å²) in [7, 11) is 1.99. The van der Waals surface area contributed by atoms with Crippen LogP contribution in [-0.2, 0) is 4.79 Å². The molecule has 0 heterocycles. The fraction of sp³-hybridized carbons (Fsp3) is 0.929. The molecule has 0 aromatic rings. The van der Waals surface area contributed by atoms with E-state index in [1.165, 1.54) is 32.1 Å². The summed E-state index contributed by atoms with van der Waals surface area (Å²) in [5.74, 6) is 1.74. The molecule has 2 aliphatic carbocycles. The Balaban J connectivity index is 1.96. The van der Waals surface area contributed by atoms with Crippen LogP contribution in [0.2, 0.25) is 0 Å². The van der Waals surface area contributed by atoms with Crippen LogP contribution in [0.5, 0.6) is 0 Å². The van der Waals surface area contributed by atoms with Crippen molar-refractivity contribution in [2.45, 2.75) is 51.5 Å². The molecule has 3 heteroatoms. The fourth-order valence-electron chi connectivity index (χ4n) is 3.26. The molecular weight excluding hydrogens is 212 g/mol. The third-order valence-corrected chi connectivity index (χ3v) is 4.74. The Bertz CT molecular complexity index is 275. The highest BCUT2D eigenvalue weighted by Gasteiger charge is 2.37. The van der Waals surface area contributed by atoms with Crippen LogP contribution < -0.4 is 5.73 Å². The fourth-order valence-corrected chi connectivity index (χ4v) is 3.26. The first-order valence-electron chi connectivity index (χ1n) is 7.12. The number of nitrogens with zero attached hydrogens (tertiary/aromatic N) is 1. The predicted molar refractivity (Wildman–Crippen MR) is 69.5 cm³/mol. The molecule has 3 nitrogen and oxygen atoms in total.